The van der Waals surface area contributed by atoms with Gasteiger partial charge in [0.15, 0.2) is 11.6 Å². The van der Waals surface area contributed by atoms with Gasteiger partial charge < -0.3 is 19.2 Å². The molecule has 15 heteroatoms. The van der Waals surface area contributed by atoms with Crippen molar-refractivity contribution >= 4 is 33.3 Å². The summed E-state index contributed by atoms with van der Waals surface area (Å²) in [4.78, 5) is 45.4. The fourth-order valence-electron chi connectivity index (χ4n) is 3.84. The van der Waals surface area contributed by atoms with Crippen LogP contribution in [0.25, 0.3) is 32.0 Å². The van der Waals surface area contributed by atoms with Gasteiger partial charge in [-0.1, -0.05) is 5.11 Å². The predicted molar refractivity (Wildman–Crippen MR) is 142 cm³/mol. The van der Waals surface area contributed by atoms with E-state index in [9.17, 15) is 4.79 Å². The van der Waals surface area contributed by atoms with Gasteiger partial charge in [-0.25, -0.2) is 29.7 Å². The first kappa shape index (κ1) is 26.2. The van der Waals surface area contributed by atoms with Gasteiger partial charge >= 0.3 is 5.97 Å². The molecule has 200 valence electrons. The van der Waals surface area contributed by atoms with Crippen LogP contribution in [0.5, 0.6) is 5.88 Å². The number of carbonyl (C=O) groups is 1. The van der Waals surface area contributed by atoms with E-state index in [4.69, 9.17) is 29.8 Å². The normalized spacial score (nSPS) is 13.3. The number of nitrogens with zero attached hydrogens (tertiary/aromatic N) is 10. The monoisotopic (exact) mass is 548 g/mol. The van der Waals surface area contributed by atoms with Crippen LogP contribution in [0.2, 0.25) is 0 Å². The van der Waals surface area contributed by atoms with Crippen LogP contribution in [0, 0.1) is 0 Å². The lowest BCUT2D eigenvalue weighted by atomic mass is 10.2. The average Bonchev–Trinajstić information content (AvgIpc) is 3.38. The highest BCUT2D eigenvalue weighted by Crippen LogP contribution is 2.35. The Morgan fingerprint density at radius 2 is 2.05 bits per heavy atom. The molecule has 0 aromatic carbocycles. The molecule has 4 aromatic heterocycles. The minimum Gasteiger partial charge on any atom is -0.478 e. The van der Waals surface area contributed by atoms with Gasteiger partial charge in [0.25, 0.3) is 0 Å². The van der Waals surface area contributed by atoms with Crippen molar-refractivity contribution in [3.63, 3.8) is 0 Å². The number of thiophene rings is 1. The number of aromatic nitrogens is 5. The summed E-state index contributed by atoms with van der Waals surface area (Å²) in [6, 6.07) is 5.55. The summed E-state index contributed by atoms with van der Waals surface area (Å²) >= 11 is 1.55. The smallest absolute Gasteiger partial charge is 0.360 e. The zero-order valence-corrected chi connectivity index (χ0v) is 21.8. The van der Waals surface area contributed by atoms with E-state index >= 15 is 0 Å². The predicted octanol–water partition coefficient (Wildman–Crippen LogP) is 3.27. The Bertz CT molecular complexity index is 1470. The minimum atomic E-state index is -0.534. The van der Waals surface area contributed by atoms with Gasteiger partial charge in [0.05, 0.1) is 48.7 Å². The molecule has 0 radical (unpaired) electrons. The van der Waals surface area contributed by atoms with Gasteiger partial charge in [0.1, 0.15) is 6.33 Å². The molecule has 1 fully saturated rings. The average molecular weight is 549 g/mol. The second-order valence-corrected chi connectivity index (χ2v) is 9.51. The van der Waals surface area contributed by atoms with Crippen molar-refractivity contribution in [3.8, 4) is 17.3 Å². The maximum Gasteiger partial charge on any atom is 0.360 e. The molecule has 0 bridgehead atoms. The fourth-order valence-corrected chi connectivity index (χ4v) is 5.00. The maximum atomic E-state index is 12.4. The van der Waals surface area contributed by atoms with Crippen LogP contribution in [0.15, 0.2) is 48.2 Å². The molecular weight excluding hydrogens is 524 g/mol. The van der Waals surface area contributed by atoms with Crippen LogP contribution in [0.1, 0.15) is 15.2 Å². The number of fused-ring (bicyclic) bond motifs is 1. The Kier molecular flexibility index (Phi) is 8.33. The number of hydrogen-bond donors (Lipinski definition) is 0. The van der Waals surface area contributed by atoms with Gasteiger partial charge in [0, 0.05) is 60.1 Å². The van der Waals surface area contributed by atoms with Crippen molar-refractivity contribution in [2.75, 3.05) is 51.4 Å². The molecule has 0 N–H and O–H groups in total. The van der Waals surface area contributed by atoms with Crippen LogP contribution < -0.4 is 9.64 Å². The highest BCUT2D eigenvalue weighted by atomic mass is 32.1. The second kappa shape index (κ2) is 12.4. The fraction of sp³-hybridized carbons (Fsp3) is 0.333. The van der Waals surface area contributed by atoms with Crippen LogP contribution in [-0.2, 0) is 16.1 Å². The lowest BCUT2D eigenvalue weighted by Crippen LogP contribution is -2.36. The summed E-state index contributed by atoms with van der Waals surface area (Å²) in [6.07, 6.45) is 5.82. The quantitative estimate of drug-likeness (QED) is 0.0938. The summed E-state index contributed by atoms with van der Waals surface area (Å²) in [5.74, 6) is 1.24. The number of hydrogen-bond acceptors (Lipinski definition) is 13. The van der Waals surface area contributed by atoms with E-state index in [1.165, 1.54) is 23.8 Å². The summed E-state index contributed by atoms with van der Waals surface area (Å²) < 4.78 is 12.0. The summed E-state index contributed by atoms with van der Waals surface area (Å²) in [6.45, 7) is 3.48. The molecule has 1 aliphatic heterocycles. The van der Waals surface area contributed by atoms with Gasteiger partial charge in [-0.15, -0.1) is 16.4 Å². The highest BCUT2D eigenvalue weighted by molar-refractivity contribution is 7.19. The van der Waals surface area contributed by atoms with E-state index in [1.807, 2.05) is 12.1 Å². The van der Waals surface area contributed by atoms with Crippen molar-refractivity contribution in [2.45, 2.75) is 6.54 Å². The van der Waals surface area contributed by atoms with Crippen molar-refractivity contribution in [3.05, 3.63) is 64.0 Å². The standard InChI is InChI=1S/C24H24N10O4S/c1-33(38-24(35)17-11-26-15-27-12-17)14-18-10-19-21(39-18)23(34-5-8-36-9-6-34)31-22(30-19)16-2-3-20(28-13-16)37-7-4-29-32-25/h2-3,10-13,15H,4-9,14H2,1H3. The van der Waals surface area contributed by atoms with Crippen molar-refractivity contribution in [2.24, 2.45) is 5.11 Å². The van der Waals surface area contributed by atoms with E-state index in [0.717, 1.165) is 26.5 Å². The first-order chi connectivity index (χ1) is 19.1. The van der Waals surface area contributed by atoms with E-state index in [1.54, 1.807) is 30.6 Å². The number of ether oxygens (including phenoxy) is 2. The largest absolute Gasteiger partial charge is 0.478 e. The molecule has 5 rings (SSSR count). The molecule has 0 saturated carbocycles. The number of anilines is 1. The maximum absolute atomic E-state index is 12.4. The lowest BCUT2D eigenvalue weighted by molar-refractivity contribution is -0.0961. The molecule has 39 heavy (non-hydrogen) atoms. The Balaban J connectivity index is 1.39. The molecule has 0 unspecified atom stereocenters. The van der Waals surface area contributed by atoms with Crippen molar-refractivity contribution in [1.29, 1.82) is 0 Å². The zero-order chi connectivity index (χ0) is 27.0. The number of morpholine rings is 1. The third-order valence-electron chi connectivity index (χ3n) is 5.63. The van der Waals surface area contributed by atoms with Crippen LogP contribution >= 0.6 is 11.3 Å². The summed E-state index contributed by atoms with van der Waals surface area (Å²) in [5.41, 5.74) is 10.2. The van der Waals surface area contributed by atoms with Crippen molar-refractivity contribution in [1.82, 2.24) is 30.0 Å². The minimum absolute atomic E-state index is 0.220. The number of carbonyl (C=O) groups excluding carboxylic acids is 1. The topological polar surface area (TPSA) is 164 Å². The molecule has 0 spiro atoms. The Morgan fingerprint density at radius 1 is 1.23 bits per heavy atom. The molecule has 14 nitrogen and oxygen atoms in total. The van der Waals surface area contributed by atoms with Gasteiger partial charge in [-0.05, 0) is 17.7 Å². The second-order valence-electron chi connectivity index (χ2n) is 8.38. The Morgan fingerprint density at radius 3 is 2.79 bits per heavy atom. The number of azide groups is 1. The van der Waals surface area contributed by atoms with E-state index in [2.05, 4.69) is 29.9 Å². The Labute approximate surface area is 226 Å². The first-order valence-electron chi connectivity index (χ1n) is 12.0. The van der Waals surface area contributed by atoms with Crippen LogP contribution in [0.4, 0.5) is 5.82 Å². The van der Waals surface area contributed by atoms with E-state index in [0.29, 0.717) is 44.6 Å². The van der Waals surface area contributed by atoms with Gasteiger partial charge in [-0.2, -0.15) is 0 Å². The molecule has 0 atom stereocenters. The third-order valence-corrected chi connectivity index (χ3v) is 6.73. The van der Waals surface area contributed by atoms with Gasteiger partial charge in [-0.3, -0.25) is 0 Å². The highest BCUT2D eigenvalue weighted by Gasteiger charge is 2.21. The number of pyridine rings is 1. The molecular formula is C24H24N10O4S. The zero-order valence-electron chi connectivity index (χ0n) is 21.0. The molecule has 5 heterocycles. The summed E-state index contributed by atoms with van der Waals surface area (Å²) in [5, 5.41) is 4.91. The first-order valence-corrected chi connectivity index (χ1v) is 12.8. The molecule has 0 amide bonds. The third kappa shape index (κ3) is 6.53. The molecule has 1 saturated heterocycles. The summed E-state index contributed by atoms with van der Waals surface area (Å²) in [7, 11) is 1.69. The van der Waals surface area contributed by atoms with Crippen molar-refractivity contribution < 1.29 is 19.1 Å². The van der Waals surface area contributed by atoms with Gasteiger partial charge in [0.2, 0.25) is 5.88 Å². The number of rotatable bonds is 10. The van der Waals surface area contributed by atoms with E-state index < -0.39 is 5.97 Å². The molecule has 0 aliphatic carbocycles. The van der Waals surface area contributed by atoms with Crippen LogP contribution in [-0.4, -0.2) is 82.5 Å². The molecule has 1 aliphatic rings. The lowest BCUT2D eigenvalue weighted by Gasteiger charge is -2.28. The van der Waals surface area contributed by atoms with E-state index in [-0.39, 0.29) is 18.7 Å². The Hall–Kier alpha value is -4.43. The van der Waals surface area contributed by atoms with Crippen LogP contribution in [0.3, 0.4) is 0 Å². The number of hydroxylamine groups is 2. The SMILES string of the molecule is CN(Cc1cc2nc(-c3ccc(OCCN=[N+]=[N-])nc3)nc(N3CCOCC3)c2s1)OC(=O)c1cncnc1. The molecule has 4 aromatic rings.